The summed E-state index contributed by atoms with van der Waals surface area (Å²) < 4.78 is 5.35. The van der Waals surface area contributed by atoms with Gasteiger partial charge in [0.25, 0.3) is 0 Å². The van der Waals surface area contributed by atoms with Crippen LogP contribution in [0.1, 0.15) is 6.92 Å². The van der Waals surface area contributed by atoms with Crippen LogP contribution in [0.3, 0.4) is 0 Å². The third kappa shape index (κ3) is 3.12. The molecule has 0 atom stereocenters. The van der Waals surface area contributed by atoms with Gasteiger partial charge in [0.2, 0.25) is 0 Å². The number of nitrogen functional groups attached to an aromatic ring is 1. The fraction of sp³-hybridized carbons (Fsp3) is 0.400. The Morgan fingerprint density at radius 2 is 2.29 bits per heavy atom. The summed E-state index contributed by atoms with van der Waals surface area (Å²) in [5.74, 6) is 1.47. The molecule has 1 aromatic rings. The molecule has 1 aromatic carbocycles. The molecule has 4 heteroatoms. The van der Waals surface area contributed by atoms with E-state index >= 15 is 0 Å². The molecule has 0 spiro atoms. The van der Waals surface area contributed by atoms with Crippen LogP contribution in [-0.4, -0.2) is 24.1 Å². The Kier molecular flexibility index (Phi) is 4.62. The summed E-state index contributed by atoms with van der Waals surface area (Å²) >= 11 is 1.53. The second kappa shape index (κ2) is 5.78. The first kappa shape index (κ1) is 11.2. The monoisotopic (exact) mass is 213 g/mol. The van der Waals surface area contributed by atoms with E-state index in [9.17, 15) is 0 Å². The Morgan fingerprint density at radius 3 is 2.93 bits per heavy atom. The molecule has 0 saturated carbocycles. The van der Waals surface area contributed by atoms with Gasteiger partial charge in [-0.15, -0.1) is 11.8 Å². The summed E-state index contributed by atoms with van der Waals surface area (Å²) in [5, 5.41) is 8.70. The van der Waals surface area contributed by atoms with Crippen LogP contribution < -0.4 is 10.5 Å². The highest BCUT2D eigenvalue weighted by Crippen LogP contribution is 2.28. The maximum Gasteiger partial charge on any atom is 0.120 e. The molecule has 78 valence electrons. The average molecular weight is 213 g/mol. The molecular weight excluding hydrogens is 198 g/mol. The van der Waals surface area contributed by atoms with Crippen molar-refractivity contribution in [2.45, 2.75) is 11.8 Å². The van der Waals surface area contributed by atoms with E-state index in [1.54, 1.807) is 0 Å². The van der Waals surface area contributed by atoms with Crippen LogP contribution in [0.4, 0.5) is 5.69 Å². The Morgan fingerprint density at radius 1 is 1.50 bits per heavy atom. The van der Waals surface area contributed by atoms with Crippen LogP contribution >= 0.6 is 11.8 Å². The van der Waals surface area contributed by atoms with Gasteiger partial charge >= 0.3 is 0 Å². The Balaban J connectivity index is 2.74. The molecular formula is C10H15NO2S. The summed E-state index contributed by atoms with van der Waals surface area (Å²) in [6, 6.07) is 5.58. The van der Waals surface area contributed by atoms with Gasteiger partial charge in [-0.05, 0) is 25.1 Å². The maximum atomic E-state index is 8.70. The standard InChI is InChI=1S/C10H15NO2S/c1-2-13-8-3-4-9(11)10(7-8)14-6-5-12/h3-4,7,12H,2,5-6,11H2,1H3. The lowest BCUT2D eigenvalue weighted by Crippen LogP contribution is -1.95. The Hall–Kier alpha value is -0.870. The zero-order valence-electron chi connectivity index (χ0n) is 8.19. The fourth-order valence-electron chi connectivity index (χ4n) is 1.05. The minimum atomic E-state index is 0.156. The van der Waals surface area contributed by atoms with Crippen LogP contribution in [0.15, 0.2) is 23.1 Å². The molecule has 0 aliphatic rings. The summed E-state index contributed by atoms with van der Waals surface area (Å²) in [7, 11) is 0. The number of ether oxygens (including phenoxy) is 1. The molecule has 3 N–H and O–H groups in total. The molecule has 1 rings (SSSR count). The number of anilines is 1. The third-order valence-corrected chi connectivity index (χ3v) is 2.70. The highest BCUT2D eigenvalue weighted by Gasteiger charge is 2.01. The summed E-state index contributed by atoms with van der Waals surface area (Å²) in [5.41, 5.74) is 6.50. The number of nitrogens with two attached hydrogens (primary N) is 1. The Labute approximate surface area is 88.3 Å². The molecule has 0 aromatic heterocycles. The van der Waals surface area contributed by atoms with Crippen LogP contribution in [0.25, 0.3) is 0 Å². The molecule has 0 heterocycles. The van der Waals surface area contributed by atoms with E-state index in [1.165, 1.54) is 11.8 Å². The molecule has 0 aliphatic heterocycles. The van der Waals surface area contributed by atoms with Crippen molar-refractivity contribution >= 4 is 17.4 Å². The first-order valence-corrected chi connectivity index (χ1v) is 5.52. The van der Waals surface area contributed by atoms with E-state index in [2.05, 4.69) is 0 Å². The van der Waals surface area contributed by atoms with Crippen molar-refractivity contribution in [2.24, 2.45) is 0 Å². The van der Waals surface area contributed by atoms with E-state index in [4.69, 9.17) is 15.6 Å². The van der Waals surface area contributed by atoms with E-state index in [0.29, 0.717) is 12.4 Å². The molecule has 0 radical (unpaired) electrons. The highest BCUT2D eigenvalue weighted by molar-refractivity contribution is 7.99. The first-order chi connectivity index (χ1) is 6.77. The van der Waals surface area contributed by atoms with Crippen molar-refractivity contribution in [2.75, 3.05) is 24.7 Å². The van der Waals surface area contributed by atoms with E-state index in [-0.39, 0.29) is 6.61 Å². The normalized spacial score (nSPS) is 10.1. The van der Waals surface area contributed by atoms with Gasteiger partial charge in [0.1, 0.15) is 5.75 Å². The van der Waals surface area contributed by atoms with Crippen LogP contribution in [0.2, 0.25) is 0 Å². The van der Waals surface area contributed by atoms with E-state index in [0.717, 1.165) is 16.3 Å². The number of thioether (sulfide) groups is 1. The molecule has 0 fully saturated rings. The van der Waals surface area contributed by atoms with Gasteiger partial charge in [-0.3, -0.25) is 0 Å². The molecule has 0 aliphatic carbocycles. The molecule has 3 nitrogen and oxygen atoms in total. The quantitative estimate of drug-likeness (QED) is 0.578. The predicted octanol–water partition coefficient (Wildman–Crippen LogP) is 1.75. The van der Waals surface area contributed by atoms with Gasteiger partial charge in [-0.2, -0.15) is 0 Å². The summed E-state index contributed by atoms with van der Waals surface area (Å²) in [6.07, 6.45) is 0. The number of aliphatic hydroxyl groups excluding tert-OH is 1. The van der Waals surface area contributed by atoms with Crippen LogP contribution in [0.5, 0.6) is 5.75 Å². The van der Waals surface area contributed by atoms with Crippen molar-refractivity contribution in [1.29, 1.82) is 0 Å². The van der Waals surface area contributed by atoms with Gasteiger partial charge in [0.15, 0.2) is 0 Å². The van der Waals surface area contributed by atoms with Gasteiger partial charge in [0, 0.05) is 16.3 Å². The number of hydrogen-bond acceptors (Lipinski definition) is 4. The number of rotatable bonds is 5. The largest absolute Gasteiger partial charge is 0.494 e. The lowest BCUT2D eigenvalue weighted by Gasteiger charge is -2.08. The van der Waals surface area contributed by atoms with Gasteiger partial charge in [-0.25, -0.2) is 0 Å². The number of benzene rings is 1. The molecule has 0 unspecified atom stereocenters. The van der Waals surface area contributed by atoms with Gasteiger partial charge in [0.05, 0.1) is 13.2 Å². The topological polar surface area (TPSA) is 55.5 Å². The zero-order valence-corrected chi connectivity index (χ0v) is 9.01. The molecule has 14 heavy (non-hydrogen) atoms. The minimum Gasteiger partial charge on any atom is -0.494 e. The van der Waals surface area contributed by atoms with E-state index in [1.807, 2.05) is 25.1 Å². The number of aliphatic hydroxyl groups is 1. The lowest BCUT2D eigenvalue weighted by molar-refractivity contribution is 0.322. The third-order valence-electron chi connectivity index (χ3n) is 1.64. The predicted molar refractivity (Wildman–Crippen MR) is 59.8 cm³/mol. The average Bonchev–Trinajstić information content (AvgIpc) is 2.19. The van der Waals surface area contributed by atoms with Crippen molar-refractivity contribution in [3.05, 3.63) is 18.2 Å². The van der Waals surface area contributed by atoms with Crippen molar-refractivity contribution in [3.8, 4) is 5.75 Å². The summed E-state index contributed by atoms with van der Waals surface area (Å²) in [4.78, 5) is 0.963. The molecule has 0 bridgehead atoms. The van der Waals surface area contributed by atoms with Crippen molar-refractivity contribution < 1.29 is 9.84 Å². The fourth-order valence-corrected chi connectivity index (χ4v) is 1.80. The van der Waals surface area contributed by atoms with Crippen molar-refractivity contribution in [3.63, 3.8) is 0 Å². The van der Waals surface area contributed by atoms with Crippen molar-refractivity contribution in [1.82, 2.24) is 0 Å². The highest BCUT2D eigenvalue weighted by atomic mass is 32.2. The SMILES string of the molecule is CCOc1ccc(N)c(SCCO)c1. The second-order valence-corrected chi connectivity index (χ2v) is 3.84. The summed E-state index contributed by atoms with van der Waals surface area (Å²) in [6.45, 7) is 2.74. The first-order valence-electron chi connectivity index (χ1n) is 4.54. The minimum absolute atomic E-state index is 0.156. The molecule has 0 saturated heterocycles. The van der Waals surface area contributed by atoms with Crippen LogP contribution in [0, 0.1) is 0 Å². The van der Waals surface area contributed by atoms with Gasteiger partial charge < -0.3 is 15.6 Å². The van der Waals surface area contributed by atoms with Gasteiger partial charge in [-0.1, -0.05) is 0 Å². The smallest absolute Gasteiger partial charge is 0.120 e. The zero-order chi connectivity index (χ0) is 10.4. The maximum absolute atomic E-state index is 8.70. The molecule has 0 amide bonds. The number of hydrogen-bond donors (Lipinski definition) is 2. The van der Waals surface area contributed by atoms with Crippen LogP contribution in [-0.2, 0) is 0 Å². The Bertz CT molecular complexity index is 291. The van der Waals surface area contributed by atoms with E-state index < -0.39 is 0 Å². The second-order valence-electron chi connectivity index (χ2n) is 2.70. The lowest BCUT2D eigenvalue weighted by atomic mass is 10.3.